The van der Waals surface area contributed by atoms with Gasteiger partial charge in [0.15, 0.2) is 12.8 Å². The van der Waals surface area contributed by atoms with Gasteiger partial charge in [0.05, 0.1) is 24.0 Å². The lowest BCUT2D eigenvalue weighted by molar-refractivity contribution is -0.135. The topological polar surface area (TPSA) is 132 Å². The van der Waals surface area contributed by atoms with Crippen molar-refractivity contribution in [3.05, 3.63) is 58.6 Å². The smallest absolute Gasteiger partial charge is 0.407 e. The number of hydrogen-bond acceptors (Lipinski definition) is 7. The number of aliphatic imine (C=N–C) groups is 1. The molecule has 0 unspecified atom stereocenters. The number of hydrogen-bond donors (Lipinski definition) is 2. The number of nitrogens with one attached hydrogen (secondary N) is 2. The normalized spacial score (nSPS) is 14.9. The molecule has 2 N–H and O–H groups in total. The van der Waals surface area contributed by atoms with Gasteiger partial charge in [-0.2, -0.15) is 19.1 Å². The average molecular weight is 562 g/mol. The van der Waals surface area contributed by atoms with Crippen molar-refractivity contribution in [1.82, 2.24) is 20.5 Å². The number of benzene rings is 2. The molecule has 2 amide bonds. The number of alkyl carbamates (subject to hydrolysis) is 1. The minimum atomic E-state index is -3.01. The summed E-state index contributed by atoms with van der Waals surface area (Å²) >= 11 is 6.21. The number of amides is 2. The molecule has 0 spiro atoms. The summed E-state index contributed by atoms with van der Waals surface area (Å²) in [7, 11) is 1.38. The van der Waals surface area contributed by atoms with Crippen LogP contribution < -0.4 is 15.4 Å². The van der Waals surface area contributed by atoms with Crippen LogP contribution in [0.4, 0.5) is 19.3 Å². The van der Waals surface area contributed by atoms with Crippen molar-refractivity contribution < 1.29 is 27.8 Å². The van der Waals surface area contributed by atoms with Crippen LogP contribution in [0.2, 0.25) is 5.02 Å². The maximum atomic E-state index is 13.1. The van der Waals surface area contributed by atoms with E-state index in [2.05, 4.69) is 25.5 Å². The molecule has 0 saturated heterocycles. The number of likely N-dealkylation sites (N-methyl/N-ethyl adjacent to an activating group) is 1. The quantitative estimate of drug-likeness (QED) is 0.218. The van der Waals surface area contributed by atoms with Gasteiger partial charge in [-0.15, -0.1) is 0 Å². The van der Waals surface area contributed by atoms with E-state index in [9.17, 15) is 23.6 Å². The van der Waals surface area contributed by atoms with E-state index in [1.54, 1.807) is 25.2 Å². The zero-order chi connectivity index (χ0) is 28.5. The SMILES string of the molecule is CCN(C(=O)COC(=O)NC)[C@H]1CN(C(=Nc2cccc(OC(F)F)c2)NC#N)N=C1c1ccc(Cl)c(C)c1. The number of aryl methyl sites for hydroxylation is 1. The zero-order valence-corrected chi connectivity index (χ0v) is 22.1. The van der Waals surface area contributed by atoms with E-state index in [1.165, 1.54) is 41.2 Å². The molecule has 2 aromatic rings. The van der Waals surface area contributed by atoms with E-state index < -0.39 is 31.3 Å². The summed E-state index contributed by atoms with van der Waals surface area (Å²) in [5.74, 6) is -0.584. The molecule has 0 aliphatic carbocycles. The summed E-state index contributed by atoms with van der Waals surface area (Å²) in [6.07, 6.45) is 1.05. The fraction of sp³-hybridized carbons (Fsp3) is 0.320. The maximum Gasteiger partial charge on any atom is 0.407 e. The number of alkyl halides is 2. The predicted octanol–water partition coefficient (Wildman–Crippen LogP) is 3.60. The van der Waals surface area contributed by atoms with Crippen LogP contribution in [0, 0.1) is 18.4 Å². The van der Waals surface area contributed by atoms with Gasteiger partial charge in [-0.1, -0.05) is 23.7 Å². The second-order valence-corrected chi connectivity index (χ2v) is 8.51. The van der Waals surface area contributed by atoms with Gasteiger partial charge in [-0.05, 0) is 43.7 Å². The summed E-state index contributed by atoms with van der Waals surface area (Å²) < 4.78 is 34.7. The molecule has 0 fully saturated rings. The van der Waals surface area contributed by atoms with Crippen molar-refractivity contribution in [3.63, 3.8) is 0 Å². The van der Waals surface area contributed by atoms with Gasteiger partial charge >= 0.3 is 12.7 Å². The molecule has 0 bridgehead atoms. The molecule has 206 valence electrons. The molecule has 11 nitrogen and oxygen atoms in total. The zero-order valence-electron chi connectivity index (χ0n) is 21.3. The lowest BCUT2D eigenvalue weighted by Crippen LogP contribution is -2.49. The third kappa shape index (κ3) is 7.55. The van der Waals surface area contributed by atoms with E-state index >= 15 is 0 Å². The Morgan fingerprint density at radius 3 is 2.74 bits per heavy atom. The minimum Gasteiger partial charge on any atom is -0.439 e. The Kier molecular flexibility index (Phi) is 9.99. The van der Waals surface area contributed by atoms with Gasteiger partial charge < -0.3 is 19.7 Å². The summed E-state index contributed by atoms with van der Waals surface area (Å²) in [5, 5.41) is 20.7. The second-order valence-electron chi connectivity index (χ2n) is 8.10. The van der Waals surface area contributed by atoms with Gasteiger partial charge in [0.1, 0.15) is 5.75 Å². The number of carbonyl (C=O) groups excluding carboxylic acids is 2. The van der Waals surface area contributed by atoms with Crippen molar-refractivity contribution in [2.24, 2.45) is 10.1 Å². The van der Waals surface area contributed by atoms with Crippen LogP contribution in [0.3, 0.4) is 0 Å². The van der Waals surface area contributed by atoms with Crippen molar-refractivity contribution >= 4 is 41.0 Å². The summed E-state index contributed by atoms with van der Waals surface area (Å²) in [6.45, 7) is 0.419. The fourth-order valence-electron chi connectivity index (χ4n) is 3.83. The Morgan fingerprint density at radius 2 is 2.10 bits per heavy atom. The average Bonchev–Trinajstić information content (AvgIpc) is 3.33. The molecule has 0 radical (unpaired) electrons. The number of nitriles is 1. The number of ether oxygens (including phenoxy) is 2. The molecule has 0 saturated carbocycles. The van der Waals surface area contributed by atoms with E-state index in [1.807, 2.05) is 13.0 Å². The molecule has 1 atom stereocenters. The first kappa shape index (κ1) is 29.1. The number of hydrazone groups is 1. The number of nitrogens with zero attached hydrogens (tertiary/aromatic N) is 5. The van der Waals surface area contributed by atoms with Crippen molar-refractivity contribution in [3.8, 4) is 11.9 Å². The summed E-state index contributed by atoms with van der Waals surface area (Å²) in [6, 6.07) is 10.3. The summed E-state index contributed by atoms with van der Waals surface area (Å²) in [4.78, 5) is 30.4. The Labute approximate surface area is 228 Å². The lowest BCUT2D eigenvalue weighted by atomic mass is 10.0. The van der Waals surface area contributed by atoms with Crippen LogP contribution in [0.15, 0.2) is 52.6 Å². The number of rotatable bonds is 8. The van der Waals surface area contributed by atoms with Crippen LogP contribution in [0.5, 0.6) is 5.75 Å². The van der Waals surface area contributed by atoms with Crippen LogP contribution in [0.1, 0.15) is 18.1 Å². The molecule has 1 aliphatic heterocycles. The third-order valence-electron chi connectivity index (χ3n) is 5.60. The fourth-order valence-corrected chi connectivity index (χ4v) is 3.94. The Morgan fingerprint density at radius 1 is 1.33 bits per heavy atom. The standard InChI is InChI=1S/C25H26ClF2N7O4/c1-4-34(21(36)13-38-25(37)30-3)20-12-35(33-22(20)16-8-9-19(26)15(2)10-16)24(31-14-29)32-17-6-5-7-18(11-17)39-23(27)28/h5-11,20,23H,4,12-13H2,1-3H3,(H,30,37)(H,31,32)/t20-/m0/s1. The molecule has 1 aliphatic rings. The van der Waals surface area contributed by atoms with Crippen molar-refractivity contribution in [2.45, 2.75) is 26.5 Å². The van der Waals surface area contributed by atoms with Crippen LogP contribution in [-0.2, 0) is 9.53 Å². The van der Waals surface area contributed by atoms with Gasteiger partial charge in [0.25, 0.3) is 5.91 Å². The van der Waals surface area contributed by atoms with Gasteiger partial charge in [0.2, 0.25) is 5.96 Å². The molecular weight excluding hydrogens is 536 g/mol. The molecule has 2 aromatic carbocycles. The Bertz CT molecular complexity index is 1320. The highest BCUT2D eigenvalue weighted by Crippen LogP contribution is 2.26. The highest BCUT2D eigenvalue weighted by Gasteiger charge is 2.36. The number of halogens is 3. The lowest BCUT2D eigenvalue weighted by Gasteiger charge is -2.29. The third-order valence-corrected chi connectivity index (χ3v) is 6.03. The second kappa shape index (κ2) is 13.4. The number of carbonyl (C=O) groups is 2. The first-order valence-electron chi connectivity index (χ1n) is 11.7. The van der Waals surface area contributed by atoms with Crippen molar-refractivity contribution in [1.29, 1.82) is 5.26 Å². The molecule has 3 rings (SSSR count). The molecule has 0 aromatic heterocycles. The van der Waals surface area contributed by atoms with Crippen molar-refractivity contribution in [2.75, 3.05) is 26.7 Å². The van der Waals surface area contributed by atoms with Gasteiger partial charge in [-0.3, -0.25) is 10.1 Å². The van der Waals surface area contributed by atoms with E-state index in [0.717, 1.165) is 5.56 Å². The highest BCUT2D eigenvalue weighted by atomic mass is 35.5. The first-order chi connectivity index (χ1) is 18.7. The molecular formula is C25H26ClF2N7O4. The van der Waals surface area contributed by atoms with E-state index in [-0.39, 0.29) is 30.5 Å². The van der Waals surface area contributed by atoms with Crippen LogP contribution in [0.25, 0.3) is 0 Å². The first-order valence-corrected chi connectivity index (χ1v) is 12.1. The predicted molar refractivity (Wildman–Crippen MR) is 140 cm³/mol. The maximum absolute atomic E-state index is 13.1. The van der Waals surface area contributed by atoms with Gasteiger partial charge in [0, 0.05) is 30.2 Å². The highest BCUT2D eigenvalue weighted by molar-refractivity contribution is 6.31. The largest absolute Gasteiger partial charge is 0.439 e. The Balaban J connectivity index is 2.01. The molecule has 14 heteroatoms. The van der Waals surface area contributed by atoms with Crippen LogP contribution >= 0.6 is 11.6 Å². The van der Waals surface area contributed by atoms with Crippen LogP contribution in [-0.4, -0.2) is 73.0 Å². The molecule has 1 heterocycles. The van der Waals surface area contributed by atoms with Gasteiger partial charge in [-0.25, -0.2) is 14.8 Å². The van der Waals surface area contributed by atoms with E-state index in [4.69, 9.17) is 16.3 Å². The Hall–Kier alpha value is -4.44. The number of guanidine groups is 1. The molecule has 39 heavy (non-hydrogen) atoms. The summed E-state index contributed by atoms with van der Waals surface area (Å²) in [5.41, 5.74) is 2.15. The monoisotopic (exact) mass is 561 g/mol. The minimum absolute atomic E-state index is 0.0116. The van der Waals surface area contributed by atoms with E-state index in [0.29, 0.717) is 16.3 Å².